The average Bonchev–Trinajstić information content (AvgIpc) is 1.77. The zero-order valence-electron chi connectivity index (χ0n) is 4.69. The number of dihydropyridines is 1. The molecule has 0 radical (unpaired) electrons. The highest BCUT2D eigenvalue weighted by Crippen LogP contribution is 2.06. The van der Waals surface area contributed by atoms with E-state index >= 15 is 0 Å². The molecular weight excluding hydrogens is 122 g/mol. The third-order valence-electron chi connectivity index (χ3n) is 1.03. The lowest BCUT2D eigenvalue weighted by Crippen LogP contribution is -2.19. The predicted molar refractivity (Wildman–Crippen MR) is 35.7 cm³/mol. The minimum absolute atomic E-state index is 0.428. The van der Waals surface area contributed by atoms with E-state index in [2.05, 4.69) is 12.2 Å². The first-order valence-corrected chi connectivity index (χ1v) is 2.97. The molecule has 1 atom stereocenters. The minimum Gasteiger partial charge on any atom is -0.384 e. The summed E-state index contributed by atoms with van der Waals surface area (Å²) in [7, 11) is 0. The molecule has 0 spiro atoms. The van der Waals surface area contributed by atoms with Gasteiger partial charge in [0, 0.05) is 12.2 Å². The quantitative estimate of drug-likeness (QED) is 0.524. The van der Waals surface area contributed by atoms with Crippen LogP contribution in [0.3, 0.4) is 0 Å². The van der Waals surface area contributed by atoms with Gasteiger partial charge in [-0.3, -0.25) is 0 Å². The largest absolute Gasteiger partial charge is 0.384 e. The van der Waals surface area contributed by atoms with Gasteiger partial charge in [0.05, 0.1) is 5.03 Å². The van der Waals surface area contributed by atoms with Crippen molar-refractivity contribution in [3.8, 4) is 0 Å². The molecule has 1 heterocycles. The van der Waals surface area contributed by atoms with Crippen LogP contribution in [0.25, 0.3) is 0 Å². The molecule has 1 aliphatic heterocycles. The maximum Gasteiger partial charge on any atom is 0.0560 e. The Morgan fingerprint density at radius 3 is 2.88 bits per heavy atom. The van der Waals surface area contributed by atoms with Crippen LogP contribution >= 0.6 is 11.6 Å². The second-order valence-electron chi connectivity index (χ2n) is 1.84. The SMILES string of the molecule is CC1C=CC(Cl)=CN1. The second-order valence-corrected chi connectivity index (χ2v) is 2.28. The smallest absolute Gasteiger partial charge is 0.0560 e. The van der Waals surface area contributed by atoms with Crippen molar-refractivity contribution in [3.05, 3.63) is 23.4 Å². The maximum absolute atomic E-state index is 5.59. The summed E-state index contributed by atoms with van der Waals surface area (Å²) >= 11 is 5.59. The van der Waals surface area contributed by atoms with Gasteiger partial charge in [-0.25, -0.2) is 0 Å². The summed E-state index contributed by atoms with van der Waals surface area (Å²) in [6.45, 7) is 2.07. The summed E-state index contributed by atoms with van der Waals surface area (Å²) in [6, 6.07) is 0.428. The molecule has 44 valence electrons. The molecule has 0 amide bonds. The minimum atomic E-state index is 0.428. The van der Waals surface area contributed by atoms with E-state index in [1.165, 1.54) is 0 Å². The zero-order chi connectivity index (χ0) is 5.98. The van der Waals surface area contributed by atoms with Crippen LogP contribution < -0.4 is 5.32 Å². The van der Waals surface area contributed by atoms with Gasteiger partial charge in [0.15, 0.2) is 0 Å². The topological polar surface area (TPSA) is 12.0 Å². The Morgan fingerprint density at radius 2 is 2.50 bits per heavy atom. The molecule has 0 bridgehead atoms. The summed E-state index contributed by atoms with van der Waals surface area (Å²) in [4.78, 5) is 0. The Bertz CT molecular complexity index is 137. The molecule has 2 heteroatoms. The first-order valence-electron chi connectivity index (χ1n) is 2.59. The van der Waals surface area contributed by atoms with Crippen LogP contribution in [-0.4, -0.2) is 6.04 Å². The van der Waals surface area contributed by atoms with Crippen LogP contribution in [0.5, 0.6) is 0 Å². The fourth-order valence-electron chi connectivity index (χ4n) is 0.551. The number of nitrogens with one attached hydrogen (secondary N) is 1. The Balaban J connectivity index is 2.58. The number of hydrogen-bond donors (Lipinski definition) is 1. The Kier molecular flexibility index (Phi) is 1.59. The summed E-state index contributed by atoms with van der Waals surface area (Å²) in [5.74, 6) is 0. The van der Waals surface area contributed by atoms with E-state index in [1.807, 2.05) is 12.2 Å². The Labute approximate surface area is 54.0 Å². The molecule has 1 aliphatic rings. The van der Waals surface area contributed by atoms with Crippen LogP contribution in [0.4, 0.5) is 0 Å². The fraction of sp³-hybridized carbons (Fsp3) is 0.333. The average molecular weight is 130 g/mol. The van der Waals surface area contributed by atoms with Crippen molar-refractivity contribution in [2.45, 2.75) is 13.0 Å². The molecule has 0 aromatic rings. The van der Waals surface area contributed by atoms with Crippen molar-refractivity contribution >= 4 is 11.6 Å². The van der Waals surface area contributed by atoms with Crippen molar-refractivity contribution in [1.82, 2.24) is 5.32 Å². The van der Waals surface area contributed by atoms with Gasteiger partial charge in [-0.05, 0) is 13.0 Å². The van der Waals surface area contributed by atoms with Gasteiger partial charge in [-0.1, -0.05) is 17.7 Å². The van der Waals surface area contributed by atoms with Gasteiger partial charge in [0.2, 0.25) is 0 Å². The van der Waals surface area contributed by atoms with E-state index in [4.69, 9.17) is 11.6 Å². The van der Waals surface area contributed by atoms with Crippen LogP contribution in [0, 0.1) is 0 Å². The van der Waals surface area contributed by atoms with Crippen molar-refractivity contribution < 1.29 is 0 Å². The van der Waals surface area contributed by atoms with Gasteiger partial charge < -0.3 is 5.32 Å². The van der Waals surface area contributed by atoms with E-state index in [-0.39, 0.29) is 0 Å². The van der Waals surface area contributed by atoms with E-state index in [0.717, 1.165) is 5.03 Å². The Hall–Kier alpha value is -0.430. The van der Waals surface area contributed by atoms with Gasteiger partial charge in [0.25, 0.3) is 0 Å². The molecule has 0 aromatic heterocycles. The first kappa shape index (κ1) is 5.70. The summed E-state index contributed by atoms with van der Waals surface area (Å²) in [5, 5.41) is 3.82. The van der Waals surface area contributed by atoms with Crippen molar-refractivity contribution in [3.63, 3.8) is 0 Å². The highest BCUT2D eigenvalue weighted by molar-refractivity contribution is 6.31. The highest BCUT2D eigenvalue weighted by Gasteiger charge is 1.96. The third-order valence-corrected chi connectivity index (χ3v) is 1.26. The molecule has 1 rings (SSSR count). The molecule has 1 N–H and O–H groups in total. The van der Waals surface area contributed by atoms with Crippen molar-refractivity contribution in [2.24, 2.45) is 0 Å². The predicted octanol–water partition coefficient (Wildman–Crippen LogP) is 1.61. The number of hydrogen-bond acceptors (Lipinski definition) is 1. The summed E-state index contributed by atoms with van der Waals surface area (Å²) in [6.07, 6.45) is 5.71. The van der Waals surface area contributed by atoms with Crippen LogP contribution in [-0.2, 0) is 0 Å². The lowest BCUT2D eigenvalue weighted by molar-refractivity contribution is 0.759. The van der Waals surface area contributed by atoms with Gasteiger partial charge >= 0.3 is 0 Å². The van der Waals surface area contributed by atoms with E-state index in [0.29, 0.717) is 6.04 Å². The second kappa shape index (κ2) is 2.23. The number of allylic oxidation sites excluding steroid dienone is 2. The fourth-order valence-corrected chi connectivity index (χ4v) is 0.687. The number of rotatable bonds is 0. The molecule has 0 aliphatic carbocycles. The van der Waals surface area contributed by atoms with Crippen LogP contribution in [0.15, 0.2) is 23.4 Å². The number of halogens is 1. The lowest BCUT2D eigenvalue weighted by atomic mass is 10.2. The molecular formula is C6H8ClN. The first-order chi connectivity index (χ1) is 3.79. The van der Waals surface area contributed by atoms with Crippen molar-refractivity contribution in [1.29, 1.82) is 0 Å². The van der Waals surface area contributed by atoms with E-state index < -0.39 is 0 Å². The molecule has 0 saturated heterocycles. The molecule has 0 aromatic carbocycles. The van der Waals surface area contributed by atoms with E-state index in [1.54, 1.807) is 6.20 Å². The Morgan fingerprint density at radius 1 is 1.75 bits per heavy atom. The molecule has 0 fully saturated rings. The van der Waals surface area contributed by atoms with Crippen LogP contribution in [0.1, 0.15) is 6.92 Å². The van der Waals surface area contributed by atoms with Gasteiger partial charge in [-0.2, -0.15) is 0 Å². The van der Waals surface area contributed by atoms with Crippen molar-refractivity contribution in [2.75, 3.05) is 0 Å². The highest BCUT2D eigenvalue weighted by atomic mass is 35.5. The zero-order valence-corrected chi connectivity index (χ0v) is 5.44. The lowest BCUT2D eigenvalue weighted by Gasteiger charge is -2.09. The standard InChI is InChI=1S/C6H8ClN/c1-5-2-3-6(7)4-8-5/h2-5,8H,1H3. The molecule has 1 unspecified atom stereocenters. The maximum atomic E-state index is 5.59. The monoisotopic (exact) mass is 129 g/mol. The summed E-state index contributed by atoms with van der Waals surface area (Å²) < 4.78 is 0. The van der Waals surface area contributed by atoms with E-state index in [9.17, 15) is 0 Å². The van der Waals surface area contributed by atoms with Crippen LogP contribution in [0.2, 0.25) is 0 Å². The normalized spacial score (nSPS) is 26.8. The third kappa shape index (κ3) is 1.27. The summed E-state index contributed by atoms with van der Waals surface area (Å²) in [5.41, 5.74) is 0. The molecule has 0 saturated carbocycles. The van der Waals surface area contributed by atoms with Gasteiger partial charge in [0.1, 0.15) is 0 Å². The molecule has 1 nitrogen and oxygen atoms in total. The molecule has 8 heavy (non-hydrogen) atoms. The van der Waals surface area contributed by atoms with Gasteiger partial charge in [-0.15, -0.1) is 0 Å².